The van der Waals surface area contributed by atoms with Gasteiger partial charge in [0, 0.05) is 21.3 Å². The van der Waals surface area contributed by atoms with Crippen molar-refractivity contribution >= 4 is 52.1 Å². The Labute approximate surface area is 306 Å². The van der Waals surface area contributed by atoms with Crippen molar-refractivity contribution < 1.29 is 12.8 Å². The molecule has 2 saturated carbocycles. The van der Waals surface area contributed by atoms with Crippen LogP contribution in [-0.4, -0.2) is 28.6 Å². The fraction of sp³-hybridized carbons (Fsp3) is 0.364. The maximum absolute atomic E-state index is 15.3. The molecule has 1 unspecified atom stereocenters. The molecule has 0 N–H and O–H groups in total. The standard InChI is InChI=1S/C44H52NO3PSSi/c1-42(2,3)51(6,7)48-41-31-36-29-30-44(41,43(36,4)5)32-50(46,47)45-49(37-21-12-9-13-22-37,40-24-16-20-35-19-14-15-23-39(35)40)38-27-25-34(26-28-38)33-17-10-8-11-18-33/h8-28,36,41H,29-32H2,1-7H3/t36-,41-,44-,49?/m1/s1. The zero-order chi connectivity index (χ0) is 36.3. The summed E-state index contributed by atoms with van der Waals surface area (Å²) in [5, 5.41) is 4.94. The zero-order valence-electron chi connectivity index (χ0n) is 31.1. The molecule has 51 heavy (non-hydrogen) atoms. The third-order valence-corrected chi connectivity index (χ3v) is 23.4. The van der Waals surface area contributed by atoms with E-state index in [0.29, 0.717) is 5.92 Å². The molecule has 266 valence electrons. The third-order valence-electron chi connectivity index (χ3n) is 12.9. The number of hydrogen-bond donors (Lipinski definition) is 0. The van der Waals surface area contributed by atoms with Crippen LogP contribution in [0.3, 0.4) is 0 Å². The van der Waals surface area contributed by atoms with E-state index in [2.05, 4.69) is 127 Å². The quantitative estimate of drug-likeness (QED) is 0.112. The van der Waals surface area contributed by atoms with Crippen LogP contribution in [0.25, 0.3) is 21.9 Å². The van der Waals surface area contributed by atoms with E-state index in [0.717, 1.165) is 57.1 Å². The van der Waals surface area contributed by atoms with Crippen molar-refractivity contribution in [3.05, 3.63) is 127 Å². The largest absolute Gasteiger partial charge is 0.413 e. The van der Waals surface area contributed by atoms with E-state index >= 15 is 8.42 Å². The van der Waals surface area contributed by atoms with Gasteiger partial charge in [0.1, 0.15) is 0 Å². The lowest BCUT2D eigenvalue weighted by Crippen LogP contribution is -2.52. The van der Waals surface area contributed by atoms with Gasteiger partial charge in [-0.15, -0.1) is 0 Å². The number of nitrogens with zero attached hydrogens (tertiary/aromatic N) is 1. The Hall–Kier alpha value is -3.28. The molecule has 0 amide bonds. The summed E-state index contributed by atoms with van der Waals surface area (Å²) in [4.78, 5) is 0. The molecule has 2 fully saturated rings. The van der Waals surface area contributed by atoms with Crippen LogP contribution in [0.1, 0.15) is 53.9 Å². The van der Waals surface area contributed by atoms with Crippen LogP contribution in [-0.2, 0) is 14.4 Å². The minimum absolute atomic E-state index is 0.00968. The second-order valence-electron chi connectivity index (χ2n) is 16.9. The third kappa shape index (κ3) is 6.20. The van der Waals surface area contributed by atoms with E-state index in [1.807, 2.05) is 48.5 Å². The van der Waals surface area contributed by atoms with Gasteiger partial charge in [0.25, 0.3) is 10.0 Å². The summed E-state index contributed by atoms with van der Waals surface area (Å²) in [5.41, 5.74) is 1.50. The maximum atomic E-state index is 15.3. The van der Waals surface area contributed by atoms with Gasteiger partial charge in [0.05, 0.1) is 18.9 Å². The van der Waals surface area contributed by atoms with Gasteiger partial charge < -0.3 is 4.43 Å². The molecular weight excluding hydrogens is 682 g/mol. The van der Waals surface area contributed by atoms with Crippen molar-refractivity contribution in [3.8, 4) is 11.1 Å². The summed E-state index contributed by atoms with van der Waals surface area (Å²) in [7, 11) is -9.35. The Morgan fingerprint density at radius 3 is 1.98 bits per heavy atom. The smallest absolute Gasteiger partial charge is 0.253 e. The summed E-state index contributed by atoms with van der Waals surface area (Å²) in [6.45, 7) is 16.0. The SMILES string of the molecule is CC1(C)[C@@H]2CC[C@@]1(CS(=O)(=O)N=P(c1ccccc1)(c1ccc(-c3ccccc3)cc1)c1cccc3ccccc13)[C@H](O[Si](C)(C)C(C)(C)C)C2. The molecule has 0 aliphatic heterocycles. The van der Waals surface area contributed by atoms with E-state index in [4.69, 9.17) is 8.58 Å². The molecule has 4 nitrogen and oxygen atoms in total. The number of hydrogen-bond acceptors (Lipinski definition) is 3. The monoisotopic (exact) mass is 733 g/mol. The second-order valence-corrected chi connectivity index (χ2v) is 26.6. The van der Waals surface area contributed by atoms with Crippen molar-refractivity contribution in [1.82, 2.24) is 0 Å². The molecule has 2 aliphatic carbocycles. The highest BCUT2D eigenvalue weighted by Crippen LogP contribution is 2.68. The average Bonchev–Trinajstić information content (AvgIpc) is 3.45. The fourth-order valence-electron chi connectivity index (χ4n) is 8.78. The second kappa shape index (κ2) is 13.0. The molecule has 2 aliphatic rings. The average molecular weight is 734 g/mol. The normalized spacial score (nSPS) is 22.9. The summed E-state index contributed by atoms with van der Waals surface area (Å²) in [5.74, 6) is 0.421. The van der Waals surface area contributed by atoms with Gasteiger partial charge in [-0.3, -0.25) is 0 Å². The number of rotatable bonds is 9. The molecule has 0 radical (unpaired) electrons. The minimum Gasteiger partial charge on any atom is -0.413 e. The Morgan fingerprint density at radius 2 is 1.33 bits per heavy atom. The van der Waals surface area contributed by atoms with E-state index in [9.17, 15) is 0 Å². The van der Waals surface area contributed by atoms with Gasteiger partial charge in [0.2, 0.25) is 0 Å². The molecule has 7 rings (SSSR count). The van der Waals surface area contributed by atoms with Gasteiger partial charge >= 0.3 is 0 Å². The molecule has 2 bridgehead atoms. The van der Waals surface area contributed by atoms with Crippen LogP contribution in [0.4, 0.5) is 0 Å². The summed E-state index contributed by atoms with van der Waals surface area (Å²) < 4.78 is 43.3. The van der Waals surface area contributed by atoms with Gasteiger partial charge in [0.15, 0.2) is 8.32 Å². The number of fused-ring (bicyclic) bond motifs is 3. The van der Waals surface area contributed by atoms with E-state index in [1.165, 1.54) is 0 Å². The summed E-state index contributed by atoms with van der Waals surface area (Å²) in [6.07, 6.45) is 2.68. The van der Waals surface area contributed by atoms with E-state index < -0.39 is 30.8 Å². The first-order valence-electron chi connectivity index (χ1n) is 18.3. The maximum Gasteiger partial charge on any atom is 0.253 e. The van der Waals surface area contributed by atoms with Crippen LogP contribution in [0.2, 0.25) is 18.1 Å². The van der Waals surface area contributed by atoms with Crippen LogP contribution in [0, 0.1) is 16.7 Å². The molecule has 4 atom stereocenters. The van der Waals surface area contributed by atoms with Gasteiger partial charge in [-0.25, -0.2) is 8.42 Å². The highest BCUT2D eigenvalue weighted by Gasteiger charge is 2.67. The summed E-state index contributed by atoms with van der Waals surface area (Å²) >= 11 is 0. The molecular formula is C44H52NO3PSSi. The lowest BCUT2D eigenvalue weighted by molar-refractivity contribution is 0.0237. The highest BCUT2D eigenvalue weighted by molar-refractivity contribution is 7.99. The van der Waals surface area contributed by atoms with Gasteiger partial charge in [-0.1, -0.05) is 162 Å². The predicted octanol–water partition coefficient (Wildman–Crippen LogP) is 10.5. The first-order chi connectivity index (χ1) is 24.1. The highest BCUT2D eigenvalue weighted by atomic mass is 32.2. The molecule has 0 aromatic heterocycles. The zero-order valence-corrected chi connectivity index (χ0v) is 33.8. The van der Waals surface area contributed by atoms with Crippen LogP contribution in [0.5, 0.6) is 0 Å². The van der Waals surface area contributed by atoms with Crippen LogP contribution in [0.15, 0.2) is 132 Å². The van der Waals surface area contributed by atoms with Gasteiger partial charge in [-0.2, -0.15) is 4.15 Å². The van der Waals surface area contributed by atoms with Crippen molar-refractivity contribution in [2.24, 2.45) is 20.9 Å². The predicted molar refractivity (Wildman–Crippen MR) is 220 cm³/mol. The molecule has 0 saturated heterocycles. The van der Waals surface area contributed by atoms with Crippen molar-refractivity contribution in [2.45, 2.75) is 78.1 Å². The Morgan fingerprint density at radius 1 is 0.765 bits per heavy atom. The first kappa shape index (κ1) is 36.1. The lowest BCUT2D eigenvalue weighted by atomic mass is 9.70. The Balaban J connectivity index is 1.47. The lowest BCUT2D eigenvalue weighted by Gasteiger charge is -2.47. The van der Waals surface area contributed by atoms with Crippen LogP contribution < -0.4 is 15.9 Å². The molecule has 0 heterocycles. The topological polar surface area (TPSA) is 55.7 Å². The molecule has 0 spiro atoms. The van der Waals surface area contributed by atoms with Crippen molar-refractivity contribution in [3.63, 3.8) is 0 Å². The summed E-state index contributed by atoms with van der Waals surface area (Å²) in [6, 6.07) is 43.6. The Bertz CT molecular complexity index is 2210. The molecule has 5 aromatic carbocycles. The van der Waals surface area contributed by atoms with Crippen LogP contribution >= 0.6 is 7.05 Å². The molecule has 5 aromatic rings. The Kier molecular flexibility index (Phi) is 9.19. The van der Waals surface area contributed by atoms with Crippen molar-refractivity contribution in [1.29, 1.82) is 0 Å². The number of sulfonamides is 1. The minimum atomic E-state index is -4.03. The molecule has 7 heteroatoms. The number of benzene rings is 5. The van der Waals surface area contributed by atoms with Gasteiger partial charge in [-0.05, 0) is 70.6 Å². The first-order valence-corrected chi connectivity index (χ1v) is 24.6. The van der Waals surface area contributed by atoms with E-state index in [-0.39, 0.29) is 22.3 Å². The van der Waals surface area contributed by atoms with E-state index in [1.54, 1.807) is 0 Å². The van der Waals surface area contributed by atoms with Crippen molar-refractivity contribution in [2.75, 3.05) is 5.75 Å². The fourth-order valence-corrected chi connectivity index (χ4v) is 17.2.